The molecule has 1 aromatic heterocycles. The number of carbonyl (C=O) groups excluding carboxylic acids is 2. The SMILES string of the molecule is CCOC(=O)C1=C(C)N=c2s/c(=C\c3cc(OC)c(OCc4ccc([N+](=O)[O-])cc4)cc3Br)c(=O)n2[C@H]1c1ccc(OCC(=O)OC)c(OCC)c1. The van der Waals surface area contributed by atoms with E-state index < -0.39 is 28.5 Å². The van der Waals surface area contributed by atoms with Crippen LogP contribution in [0, 0.1) is 10.1 Å². The third-order valence-corrected chi connectivity index (χ3v) is 9.45. The first-order valence-corrected chi connectivity index (χ1v) is 17.5. The number of ether oxygens (including phenoxy) is 6. The molecule has 0 N–H and O–H groups in total. The van der Waals surface area contributed by atoms with E-state index in [0.717, 1.165) is 16.9 Å². The number of methoxy groups -OCH3 is 2. The van der Waals surface area contributed by atoms with Crippen molar-refractivity contribution in [1.29, 1.82) is 0 Å². The molecule has 1 aliphatic heterocycles. The van der Waals surface area contributed by atoms with E-state index in [-0.39, 0.29) is 43.4 Å². The zero-order chi connectivity index (χ0) is 37.5. The zero-order valence-corrected chi connectivity index (χ0v) is 31.2. The zero-order valence-electron chi connectivity index (χ0n) is 28.8. The van der Waals surface area contributed by atoms with E-state index >= 15 is 0 Å². The van der Waals surface area contributed by atoms with Crippen molar-refractivity contribution in [3.63, 3.8) is 0 Å². The minimum atomic E-state index is -0.931. The van der Waals surface area contributed by atoms with Crippen LogP contribution in [-0.4, -0.2) is 55.5 Å². The smallest absolute Gasteiger partial charge is 0.343 e. The Labute approximate surface area is 309 Å². The van der Waals surface area contributed by atoms with Crippen molar-refractivity contribution in [2.75, 3.05) is 34.0 Å². The predicted octanol–water partition coefficient (Wildman–Crippen LogP) is 5.01. The number of non-ortho nitro benzene ring substituents is 1. The number of nitrogens with zero attached hydrogens (tertiary/aromatic N) is 3. The van der Waals surface area contributed by atoms with E-state index in [1.165, 1.54) is 30.9 Å². The maximum atomic E-state index is 14.3. The number of nitro groups is 1. The van der Waals surface area contributed by atoms with Gasteiger partial charge in [-0.25, -0.2) is 14.6 Å². The van der Waals surface area contributed by atoms with Gasteiger partial charge in [0.05, 0.1) is 54.2 Å². The summed E-state index contributed by atoms with van der Waals surface area (Å²) in [5, 5.41) is 11.0. The number of nitro benzene ring substituents is 1. The van der Waals surface area contributed by atoms with E-state index in [4.69, 9.17) is 23.7 Å². The van der Waals surface area contributed by atoms with E-state index in [1.54, 1.807) is 69.3 Å². The quantitative estimate of drug-likeness (QED) is 0.0957. The third kappa shape index (κ3) is 8.18. The molecule has 0 unspecified atom stereocenters. The summed E-state index contributed by atoms with van der Waals surface area (Å²) >= 11 is 4.73. The Hall–Kier alpha value is -5.48. The van der Waals surface area contributed by atoms with Crippen LogP contribution in [0.25, 0.3) is 6.08 Å². The van der Waals surface area contributed by atoms with Gasteiger partial charge in [-0.15, -0.1) is 0 Å². The van der Waals surface area contributed by atoms with Crippen molar-refractivity contribution < 1.29 is 42.9 Å². The summed E-state index contributed by atoms with van der Waals surface area (Å²) in [6, 6.07) is 13.5. The fraction of sp³-hybridized carbons (Fsp3) is 0.278. The molecule has 0 spiro atoms. The summed E-state index contributed by atoms with van der Waals surface area (Å²) in [7, 11) is 2.74. The van der Waals surface area contributed by atoms with Gasteiger partial charge in [0.15, 0.2) is 34.4 Å². The molecule has 3 aromatic carbocycles. The Bertz CT molecular complexity index is 2230. The fourth-order valence-electron chi connectivity index (χ4n) is 5.33. The van der Waals surface area contributed by atoms with Gasteiger partial charge in [-0.05, 0) is 79.9 Å². The molecule has 0 aliphatic carbocycles. The van der Waals surface area contributed by atoms with Crippen molar-refractivity contribution in [3.8, 4) is 23.0 Å². The van der Waals surface area contributed by atoms with Crippen LogP contribution in [0.2, 0.25) is 0 Å². The second-order valence-electron chi connectivity index (χ2n) is 11.0. The van der Waals surface area contributed by atoms with Gasteiger partial charge in [-0.3, -0.25) is 19.5 Å². The van der Waals surface area contributed by atoms with Crippen LogP contribution in [0.15, 0.2) is 80.1 Å². The minimum absolute atomic E-state index is 0.0208. The van der Waals surface area contributed by atoms with Crippen LogP contribution in [0.4, 0.5) is 5.69 Å². The minimum Gasteiger partial charge on any atom is -0.493 e. The summed E-state index contributed by atoms with van der Waals surface area (Å²) < 4.78 is 35.5. The highest BCUT2D eigenvalue weighted by molar-refractivity contribution is 9.10. The van der Waals surface area contributed by atoms with Gasteiger partial charge in [0, 0.05) is 16.6 Å². The van der Waals surface area contributed by atoms with E-state index in [2.05, 4.69) is 25.7 Å². The number of hydrogen-bond donors (Lipinski definition) is 0. The Kier molecular flexibility index (Phi) is 12.1. The van der Waals surface area contributed by atoms with Gasteiger partial charge in [0.1, 0.15) is 6.61 Å². The number of allylic oxidation sites excluding steroid dienone is 1. The molecular weight excluding hydrogens is 762 g/mol. The van der Waals surface area contributed by atoms with Gasteiger partial charge in [0.25, 0.3) is 11.2 Å². The molecule has 0 saturated carbocycles. The summed E-state index contributed by atoms with van der Waals surface area (Å²) in [5.41, 5.74) is 1.99. The first-order chi connectivity index (χ1) is 25.0. The molecule has 0 radical (unpaired) electrons. The number of rotatable bonds is 14. The number of fused-ring (bicyclic) bond motifs is 1. The lowest BCUT2D eigenvalue weighted by Crippen LogP contribution is -2.40. The highest BCUT2D eigenvalue weighted by Gasteiger charge is 2.34. The molecule has 0 fully saturated rings. The fourth-order valence-corrected chi connectivity index (χ4v) is 6.81. The molecule has 2 heterocycles. The second-order valence-corrected chi connectivity index (χ2v) is 12.9. The molecule has 0 saturated heterocycles. The number of thiazole rings is 1. The van der Waals surface area contributed by atoms with Gasteiger partial charge >= 0.3 is 11.9 Å². The molecule has 52 heavy (non-hydrogen) atoms. The predicted molar refractivity (Wildman–Crippen MR) is 194 cm³/mol. The van der Waals surface area contributed by atoms with E-state index in [9.17, 15) is 24.5 Å². The highest BCUT2D eigenvalue weighted by Crippen LogP contribution is 2.37. The average Bonchev–Trinajstić information content (AvgIpc) is 3.43. The molecule has 14 nitrogen and oxygen atoms in total. The maximum absolute atomic E-state index is 14.3. The number of aromatic nitrogens is 1. The van der Waals surface area contributed by atoms with E-state index in [0.29, 0.717) is 47.9 Å². The summed E-state index contributed by atoms with van der Waals surface area (Å²) in [4.78, 5) is 54.9. The first kappa shape index (κ1) is 37.8. The van der Waals surface area contributed by atoms with Gasteiger partial charge in [0.2, 0.25) is 0 Å². The lowest BCUT2D eigenvalue weighted by atomic mass is 9.95. The molecule has 5 rings (SSSR count). The Morgan fingerprint density at radius 1 is 0.981 bits per heavy atom. The summed E-state index contributed by atoms with van der Waals surface area (Å²) in [5.74, 6) is 0.182. The van der Waals surface area contributed by atoms with Crippen LogP contribution in [0.3, 0.4) is 0 Å². The second kappa shape index (κ2) is 16.7. The molecule has 272 valence electrons. The van der Waals surface area contributed by atoms with E-state index in [1.807, 2.05) is 0 Å². The van der Waals surface area contributed by atoms with Gasteiger partial charge < -0.3 is 28.4 Å². The third-order valence-electron chi connectivity index (χ3n) is 7.78. The highest BCUT2D eigenvalue weighted by atomic mass is 79.9. The van der Waals surface area contributed by atoms with Crippen LogP contribution in [-0.2, 0) is 25.7 Å². The standard InChI is InChI=1S/C36H34BrN3O11S/c1-6-48-28-14-22(10-13-26(28)51-19-31(41)47-5)33-32(35(43)49-7-2)20(3)38-36-39(33)34(42)30(52-36)16-23-15-27(46-4)29(17-25(23)37)50-18-21-8-11-24(12-9-21)40(44)45/h8-17,33H,6-7,18-19H2,1-5H3/b30-16-/t33-/m0/s1. The Balaban J connectivity index is 1.56. The van der Waals surface area contributed by atoms with Crippen LogP contribution in [0.5, 0.6) is 23.0 Å². The van der Waals surface area contributed by atoms with Gasteiger partial charge in [-0.1, -0.05) is 33.3 Å². The van der Waals surface area contributed by atoms with Crippen LogP contribution >= 0.6 is 27.3 Å². The number of esters is 2. The monoisotopic (exact) mass is 795 g/mol. The van der Waals surface area contributed by atoms with Crippen LogP contribution < -0.4 is 33.8 Å². The van der Waals surface area contributed by atoms with Crippen molar-refractivity contribution in [2.24, 2.45) is 4.99 Å². The summed E-state index contributed by atoms with van der Waals surface area (Å²) in [6.45, 7) is 5.34. The van der Waals surface area contributed by atoms with Crippen molar-refractivity contribution in [2.45, 2.75) is 33.4 Å². The normalized spacial score (nSPS) is 13.9. The molecule has 1 aliphatic rings. The van der Waals surface area contributed by atoms with Crippen molar-refractivity contribution >= 4 is 51.0 Å². The Morgan fingerprint density at radius 3 is 2.37 bits per heavy atom. The van der Waals surface area contributed by atoms with Crippen LogP contribution in [0.1, 0.15) is 43.5 Å². The number of benzene rings is 3. The molecule has 4 aromatic rings. The lowest BCUT2D eigenvalue weighted by Gasteiger charge is -2.25. The van der Waals surface area contributed by atoms with Crippen molar-refractivity contribution in [1.82, 2.24) is 4.57 Å². The topological polar surface area (TPSA) is 167 Å². The number of carbonyl (C=O) groups is 2. The molecular formula is C36H34BrN3O11S. The number of hydrogen-bond acceptors (Lipinski definition) is 13. The van der Waals surface area contributed by atoms with Crippen molar-refractivity contribution in [3.05, 3.63) is 117 Å². The Morgan fingerprint density at radius 2 is 1.71 bits per heavy atom. The molecule has 0 bridgehead atoms. The lowest BCUT2D eigenvalue weighted by molar-refractivity contribution is -0.384. The van der Waals surface area contributed by atoms with Gasteiger partial charge in [-0.2, -0.15) is 0 Å². The molecule has 0 amide bonds. The number of halogens is 1. The maximum Gasteiger partial charge on any atom is 0.343 e. The summed E-state index contributed by atoms with van der Waals surface area (Å²) in [6.07, 6.45) is 1.69. The average molecular weight is 797 g/mol. The molecule has 1 atom stereocenters. The molecule has 16 heteroatoms. The first-order valence-electron chi connectivity index (χ1n) is 15.9. The largest absolute Gasteiger partial charge is 0.493 e.